The molecular weight excluding hydrogens is 1270 g/mol. The van der Waals surface area contributed by atoms with E-state index in [1.807, 2.05) is 28.9 Å². The predicted molar refractivity (Wildman–Crippen MR) is 363 cm³/mol. The van der Waals surface area contributed by atoms with Crippen LogP contribution in [0.2, 0.25) is 0 Å². The van der Waals surface area contributed by atoms with Crippen LogP contribution in [0.4, 0.5) is 60.5 Å². The van der Waals surface area contributed by atoms with Crippen LogP contribution in [0, 0.1) is 53.7 Å². The van der Waals surface area contributed by atoms with Crippen molar-refractivity contribution in [1.82, 2.24) is 30.9 Å². The van der Waals surface area contributed by atoms with E-state index in [1.54, 1.807) is 0 Å². The zero-order valence-corrected chi connectivity index (χ0v) is 54.7. The molecule has 94 heavy (non-hydrogen) atoms. The summed E-state index contributed by atoms with van der Waals surface area (Å²) < 4.78 is 90.8. The number of carbonyl (C=O) groups excluding carboxylic acids is 3. The third-order valence-electron chi connectivity index (χ3n) is 18.6. The van der Waals surface area contributed by atoms with Gasteiger partial charge in [0, 0.05) is 97.6 Å². The van der Waals surface area contributed by atoms with Gasteiger partial charge in [-0.3, -0.25) is 14.4 Å². The fraction of sp³-hybridized carbons (Fsp3) is 0.391. The standard InChI is InChI=1S/C24H28N4OS.C23H23F3N4OS.C22H23F3N4O2S/c1-15-5-12-20-21(25)22(30-24(20)27-15)23(29)26-14-13-16-6-8-19(9-7-16)28-17-3-2-4-18(28)11-10-17;24-15-7-16-20(27)21(32-23(16)29-9-15)22(31)28-4-3-14-6-18(26)19(8-17(14)25)30-10-12-1-2-13(5-12)11-30;1-31-21-16(25)10-13-18(26)19(32-22(13)28-21)20(30)27-6-5-12-9-15(24)17(11-14(12)23)29-7-3-2-4-8-29/h5-9,12,17-18H,2-4,10-11,13-14,25H2,1H3,(H,26,29);6-9,12-13H,1-5,10-11,27H2,(H,28,31);9-11H,2-8,26H2,1H3,(H,27,30). The Labute approximate surface area is 552 Å². The van der Waals surface area contributed by atoms with Crippen LogP contribution in [0.25, 0.3) is 30.6 Å². The van der Waals surface area contributed by atoms with Gasteiger partial charge in [-0.15, -0.1) is 34.0 Å². The topological polar surface area (TPSA) is 223 Å². The van der Waals surface area contributed by atoms with Gasteiger partial charge in [-0.1, -0.05) is 12.1 Å². The summed E-state index contributed by atoms with van der Waals surface area (Å²) in [5.74, 6) is -3.20. The molecule has 9 N–H and O–H groups in total. The number of nitrogen functional groups attached to an aromatic ring is 3. The molecule has 25 heteroatoms. The van der Waals surface area contributed by atoms with Crippen LogP contribution in [-0.4, -0.2) is 97.7 Å². The Bertz CT molecular complexity index is 4270. The zero-order valence-electron chi connectivity index (χ0n) is 52.2. The summed E-state index contributed by atoms with van der Waals surface area (Å²) in [4.78, 5) is 59.2. The van der Waals surface area contributed by atoms with E-state index in [1.165, 1.54) is 117 Å². The second-order valence-corrected chi connectivity index (χ2v) is 27.9. The zero-order chi connectivity index (χ0) is 65.9. The van der Waals surface area contributed by atoms with E-state index in [2.05, 4.69) is 60.1 Å². The van der Waals surface area contributed by atoms with Crippen LogP contribution in [-0.2, 0) is 19.3 Å². The van der Waals surface area contributed by atoms with Gasteiger partial charge < -0.3 is 52.6 Å². The first-order valence-corrected chi connectivity index (χ1v) is 34.4. The number of benzene rings is 3. The summed E-state index contributed by atoms with van der Waals surface area (Å²) >= 11 is 3.43. The average molecular weight is 1350 g/mol. The van der Waals surface area contributed by atoms with Crippen molar-refractivity contribution >= 4 is 117 Å². The molecule has 5 fully saturated rings. The highest BCUT2D eigenvalue weighted by Crippen LogP contribution is 2.42. The lowest BCUT2D eigenvalue weighted by atomic mass is 9.98. The lowest BCUT2D eigenvalue weighted by Crippen LogP contribution is -2.39. The van der Waals surface area contributed by atoms with Gasteiger partial charge in [0.15, 0.2) is 5.82 Å². The number of thiophene rings is 3. The molecule has 4 unspecified atom stereocenters. The first kappa shape index (κ1) is 65.6. The van der Waals surface area contributed by atoms with Crippen molar-refractivity contribution < 1.29 is 45.5 Å². The van der Waals surface area contributed by atoms with Crippen molar-refractivity contribution in [3.8, 4) is 5.88 Å². The van der Waals surface area contributed by atoms with Crippen molar-refractivity contribution in [2.75, 3.05) is 84.8 Å². The van der Waals surface area contributed by atoms with Gasteiger partial charge in [0.25, 0.3) is 23.6 Å². The Balaban J connectivity index is 0.000000135. The largest absolute Gasteiger partial charge is 0.479 e. The first-order chi connectivity index (χ1) is 45.4. The molecule has 5 aliphatic rings. The summed E-state index contributed by atoms with van der Waals surface area (Å²) in [5.41, 5.74) is 23.5. The molecule has 0 spiro atoms. The number of carbonyl (C=O) groups is 3. The number of pyridine rings is 3. The number of rotatable bonds is 16. The summed E-state index contributed by atoms with van der Waals surface area (Å²) in [6.45, 7) is 5.70. The summed E-state index contributed by atoms with van der Waals surface area (Å²) in [6, 6.07) is 21.6. The number of amides is 3. The molecular formula is C69H74F6N12O4S3. The number of methoxy groups -OCH3 is 1. The second kappa shape index (κ2) is 28.7. The molecule has 4 saturated heterocycles. The number of nitrogens with one attached hydrogen (secondary N) is 3. The molecule has 0 radical (unpaired) electrons. The van der Waals surface area contributed by atoms with E-state index in [-0.39, 0.29) is 75.7 Å². The number of nitrogens with two attached hydrogens (primary N) is 3. The second-order valence-electron chi connectivity index (χ2n) is 24.9. The Morgan fingerprint density at radius 2 is 1.07 bits per heavy atom. The van der Waals surface area contributed by atoms with Gasteiger partial charge in [-0.2, -0.15) is 4.98 Å². The van der Waals surface area contributed by atoms with Crippen LogP contribution in [0.5, 0.6) is 5.88 Å². The summed E-state index contributed by atoms with van der Waals surface area (Å²) in [6.07, 6.45) is 15.4. The molecule has 10 heterocycles. The Hall–Kier alpha value is -8.42. The van der Waals surface area contributed by atoms with Gasteiger partial charge in [-0.05, 0) is 174 Å². The minimum Gasteiger partial charge on any atom is -0.479 e. The lowest BCUT2D eigenvalue weighted by Gasteiger charge is -2.36. The number of aryl methyl sites for hydroxylation is 1. The smallest absolute Gasteiger partial charge is 0.263 e. The minimum absolute atomic E-state index is 0.0804. The maximum Gasteiger partial charge on any atom is 0.263 e. The minimum atomic E-state index is -0.679. The third kappa shape index (κ3) is 14.3. The molecule has 4 aliphatic heterocycles. The highest BCUT2D eigenvalue weighted by atomic mass is 32.1. The number of nitrogens with zero attached hydrogens (tertiary/aromatic N) is 6. The molecule has 1 aliphatic carbocycles. The van der Waals surface area contributed by atoms with Gasteiger partial charge in [0.05, 0.1) is 41.7 Å². The van der Waals surface area contributed by atoms with Crippen molar-refractivity contribution in [3.63, 3.8) is 0 Å². The number of anilines is 6. The Kier molecular flexibility index (Phi) is 20.0. The fourth-order valence-corrected chi connectivity index (χ4v) is 16.8. The highest BCUT2D eigenvalue weighted by Gasteiger charge is 2.37. The monoisotopic (exact) mass is 1340 g/mol. The van der Waals surface area contributed by atoms with Gasteiger partial charge in [0.1, 0.15) is 58.2 Å². The van der Waals surface area contributed by atoms with Crippen molar-refractivity contribution in [2.24, 2.45) is 11.8 Å². The first-order valence-electron chi connectivity index (χ1n) is 32.0. The van der Waals surface area contributed by atoms with Gasteiger partial charge in [0.2, 0.25) is 0 Å². The fourth-order valence-electron chi connectivity index (χ4n) is 13.8. The van der Waals surface area contributed by atoms with Crippen molar-refractivity contribution in [3.05, 3.63) is 151 Å². The number of piperidine rings is 3. The number of hydrogen-bond donors (Lipinski definition) is 6. The van der Waals surface area contributed by atoms with Crippen molar-refractivity contribution in [1.29, 1.82) is 0 Å². The van der Waals surface area contributed by atoms with E-state index in [0.717, 1.165) is 95.6 Å². The van der Waals surface area contributed by atoms with Crippen LogP contribution >= 0.6 is 34.0 Å². The van der Waals surface area contributed by atoms with Gasteiger partial charge >= 0.3 is 0 Å². The number of ether oxygens (including phenoxy) is 1. The molecule has 1 saturated carbocycles. The molecule has 4 bridgehead atoms. The van der Waals surface area contributed by atoms with Crippen LogP contribution in [0.1, 0.15) is 122 Å². The van der Waals surface area contributed by atoms with E-state index in [9.17, 15) is 40.7 Å². The lowest BCUT2D eigenvalue weighted by molar-refractivity contribution is 0.0950. The van der Waals surface area contributed by atoms with E-state index in [0.29, 0.717) is 68.2 Å². The number of fused-ring (bicyclic) bond motifs is 7. The quantitative estimate of drug-likeness (QED) is 0.0496. The molecule has 16 nitrogen and oxygen atoms in total. The summed E-state index contributed by atoms with van der Waals surface area (Å²) in [7, 11) is 1.29. The summed E-state index contributed by atoms with van der Waals surface area (Å²) in [5, 5.41) is 9.92. The molecule has 14 rings (SSSR count). The Morgan fingerprint density at radius 1 is 0.553 bits per heavy atom. The van der Waals surface area contributed by atoms with E-state index in [4.69, 9.17) is 21.9 Å². The molecule has 494 valence electrons. The molecule has 3 amide bonds. The van der Waals surface area contributed by atoms with E-state index >= 15 is 0 Å². The normalized spacial score (nSPS) is 18.2. The highest BCUT2D eigenvalue weighted by molar-refractivity contribution is 7.22. The van der Waals surface area contributed by atoms with Crippen LogP contribution in [0.3, 0.4) is 0 Å². The molecule has 9 aromatic rings. The maximum absolute atomic E-state index is 14.8. The number of hydrogen-bond acceptors (Lipinski definition) is 16. The number of aromatic nitrogens is 3. The predicted octanol–water partition coefficient (Wildman–Crippen LogP) is 13.5. The average Bonchev–Trinajstić information content (AvgIpc) is 1.62. The molecule has 6 aromatic heterocycles. The Morgan fingerprint density at radius 3 is 1.65 bits per heavy atom. The van der Waals surface area contributed by atoms with E-state index < -0.39 is 46.7 Å². The maximum atomic E-state index is 14.8. The number of halogens is 6. The van der Waals surface area contributed by atoms with Crippen LogP contribution < -0.4 is 52.6 Å². The SMILES string of the molecule is COc1nc2sc(C(=O)NCCc3cc(F)c(N4CCCCC4)cc3F)c(N)c2cc1F.Cc1ccc2c(N)c(C(=O)NCCc3ccc(N4C5CCCC4CC5)cc3)sc2n1.Nc1c(C(=O)NCCc2cc(F)c(N3CC4CCC(C4)C3)cc2F)sc2ncc(F)cc12. The third-order valence-corrected chi connectivity index (χ3v) is 22.0. The van der Waals surface area contributed by atoms with Gasteiger partial charge in [-0.25, -0.2) is 36.3 Å². The van der Waals surface area contributed by atoms with Crippen molar-refractivity contribution in [2.45, 2.75) is 109 Å². The molecule has 3 aromatic carbocycles. The molecule has 4 atom stereocenters. The van der Waals surface area contributed by atoms with Crippen LogP contribution in [0.15, 0.2) is 79.0 Å².